The molecule has 29 heavy (non-hydrogen) atoms. The van der Waals surface area contributed by atoms with Crippen molar-refractivity contribution in [1.29, 1.82) is 0 Å². The standard InChI is InChI=1S/2C10H7NO3.Cu/c2*12-7-3-1-6-2-4-8(10(13)14)11-9(6)5-7;/h2*1-5,12H,(H,13,14);/q;;+2/p-2. The van der Waals surface area contributed by atoms with Crippen molar-refractivity contribution >= 4 is 33.7 Å². The summed E-state index contributed by atoms with van der Waals surface area (Å²) in [5.41, 5.74) is 0.723. The van der Waals surface area contributed by atoms with E-state index in [9.17, 15) is 19.8 Å². The first kappa shape index (κ1) is 21.6. The zero-order valence-electron chi connectivity index (χ0n) is 14.5. The molecule has 0 saturated heterocycles. The number of rotatable bonds is 2. The summed E-state index contributed by atoms with van der Waals surface area (Å²) >= 11 is 0. The van der Waals surface area contributed by atoms with E-state index in [-0.39, 0.29) is 40.0 Å². The van der Waals surface area contributed by atoms with Crippen LogP contribution >= 0.6 is 0 Å². The Hall–Kier alpha value is -3.68. The number of aromatic nitrogens is 2. The first-order valence-corrected chi connectivity index (χ1v) is 7.96. The van der Waals surface area contributed by atoms with Gasteiger partial charge in [0, 0.05) is 10.8 Å². The maximum atomic E-state index is 11.0. The van der Waals surface area contributed by atoms with E-state index < -0.39 is 11.9 Å². The van der Waals surface area contributed by atoms with Gasteiger partial charge in [-0.3, -0.25) is 0 Å². The van der Waals surface area contributed by atoms with Gasteiger partial charge in [0.15, 0.2) is 0 Å². The zero-order valence-corrected chi connectivity index (χ0v) is 15.4. The van der Waals surface area contributed by atoms with E-state index >= 15 is 0 Å². The Morgan fingerprint density at radius 1 is 0.655 bits per heavy atom. The molecule has 0 atom stereocenters. The van der Waals surface area contributed by atoms with Crippen LogP contribution in [0.5, 0.6) is 11.5 Å². The van der Waals surface area contributed by atoms with Gasteiger partial charge in [0.05, 0.1) is 11.0 Å². The third-order valence-corrected chi connectivity index (χ3v) is 3.77. The molecule has 0 aliphatic heterocycles. The molecule has 0 spiro atoms. The zero-order chi connectivity index (χ0) is 20.3. The van der Waals surface area contributed by atoms with Crippen molar-refractivity contribution in [3.8, 4) is 11.5 Å². The fraction of sp³-hybridized carbons (Fsp3) is 0. The van der Waals surface area contributed by atoms with Crippen LogP contribution in [0.4, 0.5) is 0 Å². The van der Waals surface area contributed by atoms with Crippen molar-refractivity contribution in [2.24, 2.45) is 0 Å². The molecule has 1 radical (unpaired) electrons. The average Bonchev–Trinajstić information content (AvgIpc) is 2.67. The van der Waals surface area contributed by atoms with Crippen molar-refractivity contribution in [2.75, 3.05) is 0 Å². The van der Waals surface area contributed by atoms with Crippen molar-refractivity contribution in [3.05, 3.63) is 72.1 Å². The van der Waals surface area contributed by atoms with Crippen LogP contribution in [0.15, 0.2) is 60.7 Å². The van der Waals surface area contributed by atoms with Crippen LogP contribution < -0.4 is 10.2 Å². The number of aromatic carboxylic acids is 2. The maximum Gasteiger partial charge on any atom is 2.00 e. The van der Waals surface area contributed by atoms with E-state index in [4.69, 9.17) is 10.2 Å². The summed E-state index contributed by atoms with van der Waals surface area (Å²) < 4.78 is 0. The van der Waals surface area contributed by atoms with E-state index in [1.165, 1.54) is 36.4 Å². The third kappa shape index (κ3) is 5.19. The van der Waals surface area contributed by atoms with Gasteiger partial charge in [-0.05, 0) is 24.3 Å². The Bertz CT molecular complexity index is 1120. The molecule has 0 aliphatic rings. The molecule has 0 amide bonds. The van der Waals surface area contributed by atoms with Crippen molar-refractivity contribution in [3.63, 3.8) is 0 Å². The number of fused-ring (bicyclic) bond motifs is 2. The van der Waals surface area contributed by atoms with E-state index in [0.717, 1.165) is 10.8 Å². The summed E-state index contributed by atoms with van der Waals surface area (Å²) in [5, 5.41) is 40.8. The monoisotopic (exact) mass is 439 g/mol. The number of benzene rings is 2. The quantitative estimate of drug-likeness (QED) is 0.451. The van der Waals surface area contributed by atoms with Crippen molar-refractivity contribution < 1.29 is 47.1 Å². The molecule has 2 aromatic heterocycles. The topological polar surface area (TPSA) is 146 Å². The van der Waals surface area contributed by atoms with Gasteiger partial charge < -0.3 is 20.4 Å². The van der Waals surface area contributed by atoms with Crippen LogP contribution in [0, 0.1) is 0 Å². The second kappa shape index (κ2) is 9.01. The molecule has 2 N–H and O–H groups in total. The molecule has 2 aromatic carbocycles. The van der Waals surface area contributed by atoms with Gasteiger partial charge in [0.25, 0.3) is 0 Å². The minimum absolute atomic E-state index is 0. The predicted molar refractivity (Wildman–Crippen MR) is 96.3 cm³/mol. The average molecular weight is 440 g/mol. The van der Waals surface area contributed by atoms with Gasteiger partial charge in [-0.25, -0.2) is 19.6 Å². The van der Waals surface area contributed by atoms with Crippen LogP contribution in [0.2, 0.25) is 0 Å². The molecule has 9 heteroatoms. The molecule has 0 unspecified atom stereocenters. The van der Waals surface area contributed by atoms with Crippen molar-refractivity contribution in [2.45, 2.75) is 0 Å². The Kier molecular flexibility index (Phi) is 6.71. The van der Waals surface area contributed by atoms with E-state index in [0.29, 0.717) is 11.0 Å². The Labute approximate surface area is 174 Å². The Morgan fingerprint density at radius 2 is 1.00 bits per heavy atom. The molecule has 0 bridgehead atoms. The molecule has 0 saturated carbocycles. The van der Waals surface area contributed by atoms with Crippen LogP contribution in [0.25, 0.3) is 21.8 Å². The van der Waals surface area contributed by atoms with Gasteiger partial charge in [-0.1, -0.05) is 36.4 Å². The van der Waals surface area contributed by atoms with Gasteiger partial charge >= 0.3 is 29.0 Å². The molecule has 4 aromatic rings. The fourth-order valence-electron chi connectivity index (χ4n) is 2.43. The summed E-state index contributed by atoms with van der Waals surface area (Å²) in [4.78, 5) is 28.8. The molecule has 0 fully saturated rings. The number of carbonyl (C=O) groups is 2. The number of hydrogen-bond donors (Lipinski definition) is 2. The second-order valence-electron chi connectivity index (χ2n) is 5.71. The molecule has 0 aliphatic carbocycles. The number of pyridine rings is 2. The fourth-order valence-corrected chi connectivity index (χ4v) is 2.43. The van der Waals surface area contributed by atoms with Crippen LogP contribution in [0.3, 0.4) is 0 Å². The summed E-state index contributed by atoms with van der Waals surface area (Å²) in [6, 6.07) is 14.8. The third-order valence-electron chi connectivity index (χ3n) is 3.77. The Balaban J connectivity index is 0.000000200. The van der Waals surface area contributed by atoms with Crippen molar-refractivity contribution in [1.82, 2.24) is 9.97 Å². The van der Waals surface area contributed by atoms with Crippen LogP contribution in [-0.4, -0.2) is 32.1 Å². The predicted octanol–water partition coefficient (Wildman–Crippen LogP) is 2.01. The van der Waals surface area contributed by atoms with Crippen LogP contribution in [0.1, 0.15) is 21.0 Å². The molecule has 4 rings (SSSR count). The van der Waals surface area contributed by atoms with Gasteiger partial charge in [0.2, 0.25) is 0 Å². The number of nitrogens with zero attached hydrogens (tertiary/aromatic N) is 2. The largest absolute Gasteiger partial charge is 2.00 e. The SMILES string of the molecule is O=C(O)c1ccc2ccc([O-])cc2n1.O=C(O)c1ccc2ccc([O-])cc2n1.[Cu+2]. The molecular weight excluding hydrogens is 428 g/mol. The number of hydrogen-bond acceptors (Lipinski definition) is 6. The van der Waals surface area contributed by atoms with E-state index in [1.807, 2.05) is 0 Å². The minimum Gasteiger partial charge on any atom is -0.872 e. The molecule has 8 nitrogen and oxygen atoms in total. The number of carboxylic acids is 2. The summed E-state index contributed by atoms with van der Waals surface area (Å²) in [6.07, 6.45) is 0. The van der Waals surface area contributed by atoms with E-state index in [1.54, 1.807) is 24.3 Å². The Morgan fingerprint density at radius 3 is 1.34 bits per heavy atom. The molecule has 149 valence electrons. The summed E-state index contributed by atoms with van der Waals surface area (Å²) in [7, 11) is 0. The molecular formula is C20H12CuN2O6. The van der Waals surface area contributed by atoms with E-state index in [2.05, 4.69) is 9.97 Å². The van der Waals surface area contributed by atoms with Gasteiger partial charge in [0.1, 0.15) is 11.4 Å². The minimum atomic E-state index is -1.09. The smallest absolute Gasteiger partial charge is 0.872 e. The summed E-state index contributed by atoms with van der Waals surface area (Å²) in [6.45, 7) is 0. The first-order valence-electron chi connectivity index (χ1n) is 7.96. The number of carboxylic acid groups (broad SMARTS) is 2. The normalized spacial score (nSPS) is 9.93. The maximum absolute atomic E-state index is 11.0. The van der Waals surface area contributed by atoms with Gasteiger partial charge in [-0.2, -0.15) is 0 Å². The van der Waals surface area contributed by atoms with Crippen LogP contribution in [-0.2, 0) is 17.1 Å². The summed E-state index contributed by atoms with van der Waals surface area (Å²) in [5.74, 6) is -2.54. The molecule has 2 heterocycles. The van der Waals surface area contributed by atoms with Gasteiger partial charge in [-0.15, -0.1) is 11.5 Å². The first-order chi connectivity index (χ1) is 13.3. The second-order valence-corrected chi connectivity index (χ2v) is 5.71.